The molecular weight excluding hydrogens is 384 g/mol. The van der Waals surface area contributed by atoms with Gasteiger partial charge in [-0.3, -0.25) is 10.1 Å². The molecule has 1 aliphatic carbocycles. The van der Waals surface area contributed by atoms with Crippen LogP contribution in [-0.2, 0) is 4.74 Å². The minimum Gasteiger partial charge on any atom is -0.453 e. The number of H-pyrrole nitrogens is 1. The van der Waals surface area contributed by atoms with Crippen LogP contribution in [0, 0.1) is 17.6 Å². The summed E-state index contributed by atoms with van der Waals surface area (Å²) >= 11 is 0. The summed E-state index contributed by atoms with van der Waals surface area (Å²) in [7, 11) is 1.10. The molecule has 29 heavy (non-hydrogen) atoms. The average molecular weight is 401 g/mol. The number of nitrogens with one attached hydrogen (secondary N) is 3. The minimum absolute atomic E-state index is 0.0203. The monoisotopic (exact) mass is 401 g/mol. The summed E-state index contributed by atoms with van der Waals surface area (Å²) in [6.45, 7) is 0.687. The number of carbonyl (C=O) groups excluding carboxylic acids is 2. The number of amides is 1. The van der Waals surface area contributed by atoms with Crippen LogP contribution in [-0.4, -0.2) is 40.5 Å². The highest BCUT2D eigenvalue weighted by atomic mass is 19.1. The van der Waals surface area contributed by atoms with Gasteiger partial charge in [-0.2, -0.15) is 0 Å². The Morgan fingerprint density at radius 1 is 1.28 bits per heavy atom. The molecule has 0 spiro atoms. The van der Waals surface area contributed by atoms with Gasteiger partial charge in [-0.15, -0.1) is 0 Å². The molecule has 4 rings (SSSR count). The fourth-order valence-electron chi connectivity index (χ4n) is 2.99. The van der Waals surface area contributed by atoms with E-state index in [-0.39, 0.29) is 11.3 Å². The van der Waals surface area contributed by atoms with E-state index in [1.54, 1.807) is 0 Å². The van der Waals surface area contributed by atoms with Gasteiger partial charge in [0.25, 0.3) is 0 Å². The first kappa shape index (κ1) is 18.8. The third kappa shape index (κ3) is 3.60. The molecule has 0 radical (unpaired) electrons. The maximum Gasteiger partial charge on any atom is 0.411 e. The van der Waals surface area contributed by atoms with Crippen LogP contribution in [0.2, 0.25) is 0 Å². The number of benzene rings is 1. The van der Waals surface area contributed by atoms with Crippen molar-refractivity contribution in [3.63, 3.8) is 0 Å². The zero-order valence-corrected chi connectivity index (χ0v) is 15.4. The van der Waals surface area contributed by atoms with Crippen molar-refractivity contribution in [1.29, 1.82) is 0 Å². The lowest BCUT2D eigenvalue weighted by Gasteiger charge is -2.10. The summed E-state index contributed by atoms with van der Waals surface area (Å²) in [4.78, 5) is 35.5. The van der Waals surface area contributed by atoms with E-state index in [4.69, 9.17) is 0 Å². The standard InChI is InChI=1S/C19H17F2N5O3/c1-29-19(28)26-12-5-4-11(20)14(15(12)21)16(27)10-7-23-18-13(10)17(24-8-25-18)22-6-9-2-3-9/h4-5,7-9H,2-3,6H2,1H3,(H,26,28)(H2,22,23,24,25). The van der Waals surface area contributed by atoms with Gasteiger partial charge in [-0.05, 0) is 30.9 Å². The predicted molar refractivity (Wildman–Crippen MR) is 101 cm³/mol. The molecule has 0 saturated heterocycles. The highest BCUT2D eigenvalue weighted by Crippen LogP contribution is 2.32. The Bertz CT molecular complexity index is 1110. The predicted octanol–water partition coefficient (Wildman–Crippen LogP) is 3.47. The highest BCUT2D eigenvalue weighted by Gasteiger charge is 2.27. The maximum atomic E-state index is 14.8. The van der Waals surface area contributed by atoms with Gasteiger partial charge in [0.05, 0.1) is 29.3 Å². The number of rotatable bonds is 6. The lowest BCUT2D eigenvalue weighted by Crippen LogP contribution is -2.15. The number of ether oxygens (including phenoxy) is 1. The molecular formula is C19H17F2N5O3. The molecule has 150 valence electrons. The SMILES string of the molecule is COC(=O)Nc1ccc(F)c(C(=O)c2c[nH]c3ncnc(NCC4CC4)c23)c1F. The Morgan fingerprint density at radius 3 is 2.79 bits per heavy atom. The molecule has 0 atom stereocenters. The minimum atomic E-state index is -1.20. The third-order valence-electron chi connectivity index (χ3n) is 4.71. The fourth-order valence-corrected chi connectivity index (χ4v) is 2.99. The van der Waals surface area contributed by atoms with Crippen LogP contribution < -0.4 is 10.6 Å². The molecule has 3 aromatic rings. The van der Waals surface area contributed by atoms with Crippen LogP contribution >= 0.6 is 0 Å². The maximum absolute atomic E-state index is 14.8. The van der Waals surface area contributed by atoms with Crippen LogP contribution in [0.25, 0.3) is 11.0 Å². The first-order chi connectivity index (χ1) is 14.0. The largest absolute Gasteiger partial charge is 0.453 e. The zero-order valence-electron chi connectivity index (χ0n) is 15.4. The van der Waals surface area contributed by atoms with Crippen molar-refractivity contribution in [3.05, 3.63) is 47.4 Å². The Kier molecular flexibility index (Phi) is 4.83. The molecule has 3 N–H and O–H groups in total. The second kappa shape index (κ2) is 7.46. The van der Waals surface area contributed by atoms with E-state index in [2.05, 4.69) is 30.3 Å². The normalized spacial score (nSPS) is 13.3. The van der Waals surface area contributed by atoms with E-state index >= 15 is 0 Å². The Hall–Kier alpha value is -3.56. The van der Waals surface area contributed by atoms with Crippen LogP contribution in [0.5, 0.6) is 0 Å². The van der Waals surface area contributed by atoms with Gasteiger partial charge in [0, 0.05) is 12.7 Å². The number of nitrogens with zero attached hydrogens (tertiary/aromatic N) is 2. The van der Waals surface area contributed by atoms with Crippen molar-refractivity contribution < 1.29 is 23.1 Å². The van der Waals surface area contributed by atoms with Gasteiger partial charge in [-0.25, -0.2) is 23.5 Å². The van der Waals surface area contributed by atoms with Crippen molar-refractivity contribution >= 4 is 34.4 Å². The second-order valence-corrected chi connectivity index (χ2v) is 6.70. The third-order valence-corrected chi connectivity index (χ3v) is 4.71. The number of halogens is 2. The summed E-state index contributed by atoms with van der Waals surface area (Å²) in [5, 5.41) is 5.64. The topological polar surface area (TPSA) is 109 Å². The number of ketones is 1. The molecule has 0 bridgehead atoms. The van der Waals surface area contributed by atoms with Gasteiger partial charge in [0.1, 0.15) is 23.6 Å². The molecule has 1 aromatic carbocycles. The van der Waals surface area contributed by atoms with E-state index in [1.807, 2.05) is 0 Å². The molecule has 2 heterocycles. The molecule has 10 heteroatoms. The van der Waals surface area contributed by atoms with Gasteiger partial charge >= 0.3 is 6.09 Å². The molecule has 1 saturated carbocycles. The number of methoxy groups -OCH3 is 1. The smallest absolute Gasteiger partial charge is 0.411 e. The second-order valence-electron chi connectivity index (χ2n) is 6.70. The van der Waals surface area contributed by atoms with Crippen LogP contribution in [0.3, 0.4) is 0 Å². The Balaban J connectivity index is 1.75. The summed E-state index contributed by atoms with van der Waals surface area (Å²) in [6.07, 6.45) is 3.97. The van der Waals surface area contributed by atoms with Gasteiger partial charge < -0.3 is 15.0 Å². The molecule has 0 aliphatic heterocycles. The van der Waals surface area contributed by atoms with Crippen molar-refractivity contribution in [2.75, 3.05) is 24.3 Å². The quantitative estimate of drug-likeness (QED) is 0.546. The molecule has 0 unspecified atom stereocenters. The van der Waals surface area contributed by atoms with E-state index < -0.39 is 29.1 Å². The average Bonchev–Trinajstić information content (AvgIpc) is 3.44. The molecule has 1 amide bonds. The Labute approximate surface area is 163 Å². The van der Waals surface area contributed by atoms with Crippen molar-refractivity contribution in [2.24, 2.45) is 5.92 Å². The van der Waals surface area contributed by atoms with Crippen molar-refractivity contribution in [2.45, 2.75) is 12.8 Å². The van der Waals surface area contributed by atoms with E-state index in [0.29, 0.717) is 29.3 Å². The number of carbonyl (C=O) groups is 2. The molecule has 2 aromatic heterocycles. The molecule has 1 fully saturated rings. The van der Waals surface area contributed by atoms with Crippen molar-refractivity contribution in [1.82, 2.24) is 15.0 Å². The first-order valence-electron chi connectivity index (χ1n) is 8.93. The highest BCUT2D eigenvalue weighted by molar-refractivity contribution is 6.18. The number of hydrogen-bond acceptors (Lipinski definition) is 6. The van der Waals surface area contributed by atoms with E-state index in [1.165, 1.54) is 12.5 Å². The van der Waals surface area contributed by atoms with E-state index in [9.17, 15) is 18.4 Å². The fraction of sp³-hybridized carbons (Fsp3) is 0.263. The summed E-state index contributed by atoms with van der Waals surface area (Å²) < 4.78 is 33.7. The first-order valence-corrected chi connectivity index (χ1v) is 8.93. The van der Waals surface area contributed by atoms with Gasteiger partial charge in [0.2, 0.25) is 5.78 Å². The summed E-state index contributed by atoms with van der Waals surface area (Å²) in [5.41, 5.74) is -0.778. The molecule has 1 aliphatic rings. The summed E-state index contributed by atoms with van der Waals surface area (Å²) in [6, 6.07) is 1.92. The Morgan fingerprint density at radius 2 is 2.07 bits per heavy atom. The van der Waals surface area contributed by atoms with Crippen LogP contribution in [0.4, 0.5) is 25.1 Å². The van der Waals surface area contributed by atoms with Gasteiger partial charge in [-0.1, -0.05) is 0 Å². The number of anilines is 2. The molecule has 8 nitrogen and oxygen atoms in total. The lowest BCUT2D eigenvalue weighted by molar-refractivity contribution is 0.103. The van der Waals surface area contributed by atoms with Crippen LogP contribution in [0.1, 0.15) is 28.8 Å². The number of hydrogen-bond donors (Lipinski definition) is 3. The number of aromatic amines is 1. The van der Waals surface area contributed by atoms with E-state index in [0.717, 1.165) is 32.1 Å². The van der Waals surface area contributed by atoms with Crippen LogP contribution in [0.15, 0.2) is 24.7 Å². The lowest BCUT2D eigenvalue weighted by atomic mass is 10.0. The van der Waals surface area contributed by atoms with Gasteiger partial charge in [0.15, 0.2) is 5.82 Å². The zero-order chi connectivity index (χ0) is 20.5. The summed E-state index contributed by atoms with van der Waals surface area (Å²) in [5.74, 6) is -2.19. The number of aromatic nitrogens is 3. The number of fused-ring (bicyclic) bond motifs is 1. The van der Waals surface area contributed by atoms with Crippen molar-refractivity contribution in [3.8, 4) is 0 Å².